The van der Waals surface area contributed by atoms with E-state index < -0.39 is 0 Å². The van der Waals surface area contributed by atoms with E-state index in [0.29, 0.717) is 12.2 Å². The maximum atomic E-state index is 12.5. The van der Waals surface area contributed by atoms with Crippen LogP contribution in [0, 0.1) is 0 Å². The smallest absolute Gasteiger partial charge is 0.226 e. The summed E-state index contributed by atoms with van der Waals surface area (Å²) in [7, 11) is 0. The van der Waals surface area contributed by atoms with Gasteiger partial charge in [0.15, 0.2) is 0 Å². The molecule has 1 aliphatic rings. The molecule has 1 aliphatic heterocycles. The van der Waals surface area contributed by atoms with Gasteiger partial charge in [-0.05, 0) is 31.0 Å². The molecule has 2 aromatic carbocycles. The number of aromatic hydroxyl groups is 1. The van der Waals surface area contributed by atoms with E-state index in [-0.39, 0.29) is 11.9 Å². The Balaban J connectivity index is 1.65. The Morgan fingerprint density at radius 3 is 2.36 bits per heavy atom. The van der Waals surface area contributed by atoms with Gasteiger partial charge in [0.05, 0.1) is 0 Å². The number of phenols is 1. The molecular weight excluding hydrogens is 312 g/mol. The monoisotopic (exact) mass is 338 g/mol. The van der Waals surface area contributed by atoms with E-state index in [0.717, 1.165) is 43.7 Å². The van der Waals surface area contributed by atoms with Crippen molar-refractivity contribution in [2.45, 2.75) is 38.8 Å². The number of para-hydroxylation sites is 2. The highest BCUT2D eigenvalue weighted by Crippen LogP contribution is 2.26. The summed E-state index contributed by atoms with van der Waals surface area (Å²) in [5.74, 6) is 0.544. The number of phenolic OH excluding ortho intramolecular Hbond substituents is 1. The van der Waals surface area contributed by atoms with Gasteiger partial charge < -0.3 is 10.0 Å². The van der Waals surface area contributed by atoms with E-state index in [9.17, 15) is 9.90 Å². The molecule has 0 spiro atoms. The van der Waals surface area contributed by atoms with Crippen molar-refractivity contribution >= 4 is 11.6 Å². The quantitative estimate of drug-likeness (QED) is 0.902. The van der Waals surface area contributed by atoms with Crippen molar-refractivity contribution in [2.24, 2.45) is 0 Å². The summed E-state index contributed by atoms with van der Waals surface area (Å²) in [4.78, 5) is 16.8. The van der Waals surface area contributed by atoms with Crippen LogP contribution in [0.25, 0.3) is 0 Å². The standard InChI is InChI=1S/C21H26N2O2/c1-2-21(25)23(18-9-4-3-5-10-18)19-12-14-22(15-13-19)16-17-8-6-7-11-20(17)24/h3-11,19,24H,2,12-16H2,1H3. The van der Waals surface area contributed by atoms with Crippen LogP contribution in [-0.4, -0.2) is 35.0 Å². The average Bonchev–Trinajstić information content (AvgIpc) is 2.66. The lowest BCUT2D eigenvalue weighted by Gasteiger charge is -2.38. The Bertz CT molecular complexity index is 694. The maximum absolute atomic E-state index is 12.5. The molecule has 2 aromatic rings. The maximum Gasteiger partial charge on any atom is 0.226 e. The van der Waals surface area contributed by atoms with E-state index in [2.05, 4.69) is 4.90 Å². The first-order chi connectivity index (χ1) is 12.2. The van der Waals surface area contributed by atoms with Gasteiger partial charge in [0.25, 0.3) is 0 Å². The molecule has 0 bridgehead atoms. The second-order valence-electron chi connectivity index (χ2n) is 6.59. The zero-order valence-electron chi connectivity index (χ0n) is 14.8. The van der Waals surface area contributed by atoms with Gasteiger partial charge in [-0.15, -0.1) is 0 Å². The number of piperidine rings is 1. The third-order valence-corrected chi connectivity index (χ3v) is 4.91. The Morgan fingerprint density at radius 2 is 1.72 bits per heavy atom. The average molecular weight is 338 g/mol. The highest BCUT2D eigenvalue weighted by molar-refractivity contribution is 5.93. The number of carbonyl (C=O) groups is 1. The van der Waals surface area contributed by atoms with Crippen LogP contribution >= 0.6 is 0 Å². The van der Waals surface area contributed by atoms with E-state index >= 15 is 0 Å². The molecule has 132 valence electrons. The number of nitrogens with zero attached hydrogens (tertiary/aromatic N) is 2. The number of rotatable bonds is 5. The van der Waals surface area contributed by atoms with Crippen molar-refractivity contribution < 1.29 is 9.90 Å². The number of carbonyl (C=O) groups excluding carboxylic acids is 1. The van der Waals surface area contributed by atoms with Crippen LogP contribution in [0.1, 0.15) is 31.7 Å². The van der Waals surface area contributed by atoms with Crippen molar-refractivity contribution in [3.63, 3.8) is 0 Å². The van der Waals surface area contributed by atoms with E-state index in [1.54, 1.807) is 6.07 Å². The van der Waals surface area contributed by atoms with Gasteiger partial charge in [-0.1, -0.05) is 43.3 Å². The molecule has 1 amide bonds. The highest BCUT2D eigenvalue weighted by atomic mass is 16.3. The van der Waals surface area contributed by atoms with Gasteiger partial charge in [0.2, 0.25) is 5.91 Å². The summed E-state index contributed by atoms with van der Waals surface area (Å²) in [5.41, 5.74) is 1.96. The Labute approximate surface area is 149 Å². The second-order valence-corrected chi connectivity index (χ2v) is 6.59. The molecule has 0 saturated carbocycles. The molecule has 0 aromatic heterocycles. The van der Waals surface area contributed by atoms with Gasteiger partial charge in [0.1, 0.15) is 5.75 Å². The Hall–Kier alpha value is -2.33. The summed E-state index contributed by atoms with van der Waals surface area (Å²) in [6.45, 7) is 4.54. The largest absolute Gasteiger partial charge is 0.508 e. The topological polar surface area (TPSA) is 43.8 Å². The normalized spacial score (nSPS) is 15.9. The fraction of sp³-hybridized carbons (Fsp3) is 0.381. The molecule has 3 rings (SSSR count). The molecule has 25 heavy (non-hydrogen) atoms. The predicted molar refractivity (Wildman–Crippen MR) is 101 cm³/mol. The molecule has 0 atom stereocenters. The summed E-state index contributed by atoms with van der Waals surface area (Å²) in [5, 5.41) is 9.96. The van der Waals surface area contributed by atoms with Crippen LogP contribution in [-0.2, 0) is 11.3 Å². The first-order valence-electron chi connectivity index (χ1n) is 9.05. The molecule has 0 unspecified atom stereocenters. The Kier molecular flexibility index (Phi) is 5.71. The lowest BCUT2D eigenvalue weighted by Crippen LogP contribution is -2.47. The summed E-state index contributed by atoms with van der Waals surface area (Å²) in [6.07, 6.45) is 2.43. The van der Waals surface area contributed by atoms with Crippen LogP contribution in [0.3, 0.4) is 0 Å². The van der Waals surface area contributed by atoms with Crippen LogP contribution in [0.2, 0.25) is 0 Å². The van der Waals surface area contributed by atoms with Crippen molar-refractivity contribution in [1.82, 2.24) is 4.90 Å². The lowest BCUT2D eigenvalue weighted by atomic mass is 10.0. The first kappa shape index (κ1) is 17.5. The summed E-state index contributed by atoms with van der Waals surface area (Å²) >= 11 is 0. The van der Waals surface area contributed by atoms with Crippen LogP contribution in [0.5, 0.6) is 5.75 Å². The van der Waals surface area contributed by atoms with Gasteiger partial charge >= 0.3 is 0 Å². The number of amides is 1. The summed E-state index contributed by atoms with van der Waals surface area (Å²) < 4.78 is 0. The second kappa shape index (κ2) is 8.17. The van der Waals surface area contributed by atoms with Gasteiger partial charge in [-0.25, -0.2) is 0 Å². The number of anilines is 1. The summed E-state index contributed by atoms with van der Waals surface area (Å²) in [6, 6.07) is 17.7. The SMILES string of the molecule is CCC(=O)N(c1ccccc1)C1CCN(Cc2ccccc2O)CC1. The fourth-order valence-electron chi connectivity index (χ4n) is 3.54. The zero-order valence-corrected chi connectivity index (χ0v) is 14.8. The number of benzene rings is 2. The number of hydrogen-bond acceptors (Lipinski definition) is 3. The van der Waals surface area contributed by atoms with Gasteiger partial charge in [0, 0.05) is 43.3 Å². The minimum atomic E-state index is 0.186. The fourth-order valence-corrected chi connectivity index (χ4v) is 3.54. The molecule has 1 saturated heterocycles. The van der Waals surface area contributed by atoms with Crippen LogP contribution in [0.15, 0.2) is 54.6 Å². The molecule has 1 N–H and O–H groups in total. The Morgan fingerprint density at radius 1 is 1.08 bits per heavy atom. The first-order valence-corrected chi connectivity index (χ1v) is 9.05. The lowest BCUT2D eigenvalue weighted by molar-refractivity contribution is -0.119. The molecular formula is C21H26N2O2. The number of hydrogen-bond donors (Lipinski definition) is 1. The number of likely N-dealkylation sites (tertiary alicyclic amines) is 1. The molecule has 4 heteroatoms. The van der Waals surface area contributed by atoms with E-state index in [1.807, 2.05) is 60.4 Å². The third-order valence-electron chi connectivity index (χ3n) is 4.91. The van der Waals surface area contributed by atoms with Crippen molar-refractivity contribution in [1.29, 1.82) is 0 Å². The molecule has 0 aliphatic carbocycles. The van der Waals surface area contributed by atoms with Crippen LogP contribution < -0.4 is 4.90 Å². The molecule has 4 nitrogen and oxygen atoms in total. The minimum absolute atomic E-state index is 0.186. The van der Waals surface area contributed by atoms with E-state index in [4.69, 9.17) is 0 Å². The van der Waals surface area contributed by atoms with Gasteiger partial charge in [-0.3, -0.25) is 9.69 Å². The molecule has 1 fully saturated rings. The minimum Gasteiger partial charge on any atom is -0.508 e. The van der Waals surface area contributed by atoms with Crippen molar-refractivity contribution in [3.05, 3.63) is 60.2 Å². The molecule has 0 radical (unpaired) electrons. The molecule has 1 heterocycles. The zero-order chi connectivity index (χ0) is 17.6. The van der Waals surface area contributed by atoms with Gasteiger partial charge in [-0.2, -0.15) is 0 Å². The van der Waals surface area contributed by atoms with E-state index in [1.165, 1.54) is 0 Å². The van der Waals surface area contributed by atoms with Crippen molar-refractivity contribution in [2.75, 3.05) is 18.0 Å². The van der Waals surface area contributed by atoms with Crippen molar-refractivity contribution in [3.8, 4) is 5.75 Å². The predicted octanol–water partition coefficient (Wildman–Crippen LogP) is 3.80. The highest BCUT2D eigenvalue weighted by Gasteiger charge is 2.28. The van der Waals surface area contributed by atoms with Crippen LogP contribution in [0.4, 0.5) is 5.69 Å². The third kappa shape index (κ3) is 4.20.